The van der Waals surface area contributed by atoms with Crippen LogP contribution in [0.2, 0.25) is 0 Å². The highest BCUT2D eigenvalue weighted by atomic mass is 15.3. The van der Waals surface area contributed by atoms with E-state index in [1.165, 1.54) is 11.1 Å². The van der Waals surface area contributed by atoms with E-state index in [0.717, 1.165) is 28.2 Å². The second-order valence-corrected chi connectivity index (χ2v) is 6.90. The molecule has 0 aliphatic rings. The molecule has 0 fully saturated rings. The lowest BCUT2D eigenvalue weighted by atomic mass is 10.1. The van der Waals surface area contributed by atoms with Crippen molar-refractivity contribution in [3.05, 3.63) is 65.9 Å². The molecule has 0 amide bonds. The van der Waals surface area contributed by atoms with Crippen molar-refractivity contribution in [2.45, 2.75) is 13.8 Å². The normalized spacial score (nSPS) is 11.0. The van der Waals surface area contributed by atoms with Crippen LogP contribution in [-0.4, -0.2) is 33.8 Å². The Kier molecular flexibility index (Phi) is 4.24. The molecule has 0 aliphatic heterocycles. The van der Waals surface area contributed by atoms with Gasteiger partial charge in [-0.05, 0) is 49.2 Å². The fourth-order valence-corrected chi connectivity index (χ4v) is 3.13. The highest BCUT2D eigenvalue weighted by molar-refractivity contribution is 5.90. The summed E-state index contributed by atoms with van der Waals surface area (Å²) in [5.74, 6) is 1.38. The summed E-state index contributed by atoms with van der Waals surface area (Å²) in [5, 5.41) is 8.89. The maximum atomic E-state index is 4.72. The van der Waals surface area contributed by atoms with Crippen LogP contribution in [0, 0.1) is 13.8 Å². The number of benzene rings is 2. The van der Waals surface area contributed by atoms with E-state index in [-0.39, 0.29) is 0 Å². The van der Waals surface area contributed by atoms with E-state index in [4.69, 9.17) is 9.97 Å². The van der Waals surface area contributed by atoms with Crippen LogP contribution in [0.3, 0.4) is 0 Å². The smallest absolute Gasteiger partial charge is 0.228 e. The Bertz CT molecular complexity index is 1080. The summed E-state index contributed by atoms with van der Waals surface area (Å²) in [7, 11) is 3.87. The molecule has 2 heterocycles. The summed E-state index contributed by atoms with van der Waals surface area (Å²) in [6.07, 6.45) is 1.81. The van der Waals surface area contributed by atoms with Gasteiger partial charge in [0, 0.05) is 19.8 Å². The Hall–Kier alpha value is -3.41. The first kappa shape index (κ1) is 17.0. The Morgan fingerprint density at radius 3 is 2.30 bits per heavy atom. The largest absolute Gasteiger partial charge is 0.347 e. The van der Waals surface area contributed by atoms with Crippen LogP contribution in [-0.2, 0) is 0 Å². The standard InChI is InChI=1S/C21H22N6/c1-14-10-15(2)12-16(11-14)23-19-18-13-22-27(17-8-6-5-7-9-17)20(18)25-21(24-19)26(3)4/h5-13H,1-4H3,(H,23,24,25). The minimum atomic E-state index is 0.632. The number of nitrogens with one attached hydrogen (secondary N) is 1. The number of fused-ring (bicyclic) bond motifs is 1. The van der Waals surface area contributed by atoms with E-state index in [2.05, 4.69) is 42.5 Å². The van der Waals surface area contributed by atoms with Gasteiger partial charge in [-0.2, -0.15) is 15.1 Å². The van der Waals surface area contributed by atoms with Crippen LogP contribution in [0.15, 0.2) is 54.7 Å². The lowest BCUT2D eigenvalue weighted by molar-refractivity contribution is 0.890. The van der Waals surface area contributed by atoms with Crippen molar-refractivity contribution in [2.24, 2.45) is 0 Å². The number of para-hydroxylation sites is 1. The second kappa shape index (κ2) is 6.72. The lowest BCUT2D eigenvalue weighted by Gasteiger charge is -2.14. The van der Waals surface area contributed by atoms with E-state index in [1.54, 1.807) is 0 Å². The summed E-state index contributed by atoms with van der Waals surface area (Å²) in [4.78, 5) is 11.3. The van der Waals surface area contributed by atoms with Crippen LogP contribution < -0.4 is 10.2 Å². The first-order valence-electron chi connectivity index (χ1n) is 8.85. The molecule has 0 saturated heterocycles. The summed E-state index contributed by atoms with van der Waals surface area (Å²) in [6.45, 7) is 4.18. The van der Waals surface area contributed by atoms with E-state index in [1.807, 2.05) is 60.2 Å². The number of nitrogens with zero attached hydrogens (tertiary/aromatic N) is 5. The van der Waals surface area contributed by atoms with Gasteiger partial charge in [0.2, 0.25) is 5.95 Å². The van der Waals surface area contributed by atoms with Gasteiger partial charge in [0.05, 0.1) is 17.3 Å². The van der Waals surface area contributed by atoms with Crippen molar-refractivity contribution in [3.8, 4) is 5.69 Å². The number of hydrogen-bond donors (Lipinski definition) is 1. The fraction of sp³-hybridized carbons (Fsp3) is 0.190. The molecule has 0 saturated carbocycles. The predicted octanol–water partition coefficient (Wildman–Crippen LogP) is 4.24. The molecule has 0 atom stereocenters. The molecule has 136 valence electrons. The van der Waals surface area contributed by atoms with Crippen LogP contribution in [0.5, 0.6) is 0 Å². The molecule has 6 heteroatoms. The molecule has 0 bridgehead atoms. The lowest BCUT2D eigenvalue weighted by Crippen LogP contribution is -2.14. The van der Waals surface area contributed by atoms with Crippen LogP contribution >= 0.6 is 0 Å². The second-order valence-electron chi connectivity index (χ2n) is 6.90. The molecule has 4 aromatic rings. The van der Waals surface area contributed by atoms with E-state index < -0.39 is 0 Å². The molecule has 1 N–H and O–H groups in total. The Morgan fingerprint density at radius 1 is 0.926 bits per heavy atom. The molecular weight excluding hydrogens is 336 g/mol. The molecule has 0 aliphatic carbocycles. The zero-order valence-corrected chi connectivity index (χ0v) is 15.9. The molecule has 0 radical (unpaired) electrons. The number of hydrogen-bond acceptors (Lipinski definition) is 5. The van der Waals surface area contributed by atoms with Crippen LogP contribution in [0.4, 0.5) is 17.5 Å². The number of anilines is 3. The number of aryl methyl sites for hydroxylation is 2. The Balaban J connectivity index is 1.88. The monoisotopic (exact) mass is 358 g/mol. The third-order valence-electron chi connectivity index (χ3n) is 4.30. The average Bonchev–Trinajstić information content (AvgIpc) is 3.06. The van der Waals surface area contributed by atoms with Gasteiger partial charge in [-0.25, -0.2) is 4.68 Å². The SMILES string of the molecule is Cc1cc(C)cc(Nc2nc(N(C)C)nc3c2cnn3-c2ccccc2)c1. The van der Waals surface area contributed by atoms with Crippen molar-refractivity contribution < 1.29 is 0 Å². The van der Waals surface area contributed by atoms with Gasteiger partial charge in [0.25, 0.3) is 0 Å². The van der Waals surface area contributed by atoms with Crippen molar-refractivity contribution in [3.63, 3.8) is 0 Å². The summed E-state index contributed by atoms with van der Waals surface area (Å²) in [6, 6.07) is 16.4. The highest BCUT2D eigenvalue weighted by Gasteiger charge is 2.15. The van der Waals surface area contributed by atoms with Crippen molar-refractivity contribution in [1.82, 2.24) is 19.7 Å². The maximum absolute atomic E-state index is 4.72. The van der Waals surface area contributed by atoms with E-state index in [0.29, 0.717) is 5.95 Å². The molecule has 0 spiro atoms. The number of aromatic nitrogens is 4. The minimum Gasteiger partial charge on any atom is -0.347 e. The zero-order chi connectivity index (χ0) is 19.0. The first-order valence-corrected chi connectivity index (χ1v) is 8.85. The number of rotatable bonds is 4. The molecule has 27 heavy (non-hydrogen) atoms. The van der Waals surface area contributed by atoms with Crippen LogP contribution in [0.25, 0.3) is 16.7 Å². The Labute approximate surface area is 158 Å². The fourth-order valence-electron chi connectivity index (χ4n) is 3.13. The van der Waals surface area contributed by atoms with Gasteiger partial charge in [-0.1, -0.05) is 24.3 Å². The van der Waals surface area contributed by atoms with Gasteiger partial charge in [0.1, 0.15) is 5.82 Å². The van der Waals surface area contributed by atoms with Crippen molar-refractivity contribution >= 4 is 28.5 Å². The van der Waals surface area contributed by atoms with Gasteiger partial charge in [0.15, 0.2) is 5.65 Å². The van der Waals surface area contributed by atoms with E-state index >= 15 is 0 Å². The van der Waals surface area contributed by atoms with Gasteiger partial charge < -0.3 is 10.2 Å². The predicted molar refractivity (Wildman–Crippen MR) is 110 cm³/mol. The Morgan fingerprint density at radius 2 is 1.63 bits per heavy atom. The van der Waals surface area contributed by atoms with Gasteiger partial charge in [-0.3, -0.25) is 0 Å². The van der Waals surface area contributed by atoms with Gasteiger partial charge in [-0.15, -0.1) is 0 Å². The topological polar surface area (TPSA) is 58.9 Å². The van der Waals surface area contributed by atoms with Crippen molar-refractivity contribution in [2.75, 3.05) is 24.3 Å². The first-order chi connectivity index (χ1) is 13.0. The molecule has 4 rings (SSSR count). The summed E-state index contributed by atoms with van der Waals surface area (Å²) in [5.41, 5.74) is 5.15. The molecule has 2 aromatic carbocycles. The minimum absolute atomic E-state index is 0.632. The third kappa shape index (κ3) is 3.33. The summed E-state index contributed by atoms with van der Waals surface area (Å²) >= 11 is 0. The van der Waals surface area contributed by atoms with E-state index in [9.17, 15) is 0 Å². The quantitative estimate of drug-likeness (QED) is 0.591. The van der Waals surface area contributed by atoms with Crippen LogP contribution in [0.1, 0.15) is 11.1 Å². The third-order valence-corrected chi connectivity index (χ3v) is 4.30. The zero-order valence-electron chi connectivity index (χ0n) is 15.9. The molecular formula is C21H22N6. The van der Waals surface area contributed by atoms with Gasteiger partial charge >= 0.3 is 0 Å². The highest BCUT2D eigenvalue weighted by Crippen LogP contribution is 2.28. The summed E-state index contributed by atoms with van der Waals surface area (Å²) < 4.78 is 1.84. The average molecular weight is 358 g/mol. The molecule has 2 aromatic heterocycles. The van der Waals surface area contributed by atoms with Crippen molar-refractivity contribution in [1.29, 1.82) is 0 Å². The molecule has 6 nitrogen and oxygen atoms in total. The molecule has 0 unspecified atom stereocenters. The maximum Gasteiger partial charge on any atom is 0.228 e.